The molecule has 536 valence electrons. The highest BCUT2D eigenvalue weighted by atomic mass is 79.9. The fourth-order valence-electron chi connectivity index (χ4n) is 18.0. The van der Waals surface area contributed by atoms with E-state index in [-0.39, 0.29) is 0 Å². The minimum absolute atomic E-state index is 0.588. The SMILES string of the molecule is Brc1ccc(-c2nc(-c3ccccc3)c3c(n2)oc2ccccc23)cc1.c1ccc(-c2nc(-c3ccc(-n4c5cc6c(ccc7c8ccc9ccccc9c8sc67)cc5c5ccc6ccccc6c54)cc3)nc3oc4ccccc4c23)cc1.c1ccc2c3c(ccc2c1)-c1cc2ccc4c5ccc6ccccc6c5sc4c2cc1C3. The molecule has 0 aliphatic heterocycles. The third kappa shape index (κ3) is 10.5. The molecular formula is C105H60BrN5O2S2. The Bertz CT molecular complexity index is 8390. The molecule has 0 bridgehead atoms. The van der Waals surface area contributed by atoms with Crippen molar-refractivity contribution in [1.29, 1.82) is 0 Å². The molecule has 115 heavy (non-hydrogen) atoms. The summed E-state index contributed by atoms with van der Waals surface area (Å²) in [6.45, 7) is 0. The highest BCUT2D eigenvalue weighted by Crippen LogP contribution is 2.50. The van der Waals surface area contributed by atoms with Crippen molar-refractivity contribution in [2.75, 3.05) is 0 Å². The van der Waals surface area contributed by atoms with Crippen LogP contribution in [0.2, 0.25) is 0 Å². The Morgan fingerprint density at radius 3 is 1.25 bits per heavy atom. The highest BCUT2D eigenvalue weighted by molar-refractivity contribution is 9.10. The molecule has 0 N–H and O–H groups in total. The Labute approximate surface area is 673 Å². The summed E-state index contributed by atoms with van der Waals surface area (Å²) >= 11 is 7.34. The van der Waals surface area contributed by atoms with Gasteiger partial charge in [0, 0.05) is 105 Å². The van der Waals surface area contributed by atoms with Gasteiger partial charge in [0.25, 0.3) is 0 Å². The number of furan rings is 2. The minimum atomic E-state index is 0.588. The molecule has 7 heterocycles. The fraction of sp³-hybridized carbons (Fsp3) is 0.00952. The Hall–Kier alpha value is -14.0. The normalized spacial score (nSPS) is 12.2. The Morgan fingerprint density at radius 2 is 0.704 bits per heavy atom. The van der Waals surface area contributed by atoms with E-state index in [4.69, 9.17) is 28.8 Å². The van der Waals surface area contributed by atoms with Crippen molar-refractivity contribution >= 4 is 210 Å². The number of aromatic nitrogens is 5. The van der Waals surface area contributed by atoms with Gasteiger partial charge in [-0.15, -0.1) is 22.7 Å². The van der Waals surface area contributed by atoms with Gasteiger partial charge in [-0.05, 0) is 155 Å². The molecule has 0 atom stereocenters. The van der Waals surface area contributed by atoms with E-state index in [1.807, 2.05) is 120 Å². The molecule has 1 aliphatic carbocycles. The van der Waals surface area contributed by atoms with Crippen LogP contribution >= 0.6 is 38.6 Å². The van der Waals surface area contributed by atoms with Gasteiger partial charge in [-0.3, -0.25) is 0 Å². The summed E-state index contributed by atoms with van der Waals surface area (Å²) < 4.78 is 21.4. The van der Waals surface area contributed by atoms with E-state index in [1.165, 1.54) is 149 Å². The number of fused-ring (bicyclic) bond motifs is 30. The zero-order chi connectivity index (χ0) is 75.5. The average molecular weight is 1570 g/mol. The molecular weight excluding hydrogens is 1510 g/mol. The summed E-state index contributed by atoms with van der Waals surface area (Å²) in [5.41, 5.74) is 17.7. The van der Waals surface area contributed by atoms with Gasteiger partial charge in [-0.1, -0.05) is 295 Å². The van der Waals surface area contributed by atoms with Crippen LogP contribution < -0.4 is 0 Å². The number of nitrogens with zero attached hydrogens (tertiary/aromatic N) is 5. The summed E-state index contributed by atoms with van der Waals surface area (Å²) in [5.74, 6) is 1.29. The van der Waals surface area contributed by atoms with Gasteiger partial charge in [-0.2, -0.15) is 9.97 Å². The lowest BCUT2D eigenvalue weighted by Gasteiger charge is -2.12. The monoisotopic (exact) mass is 1570 g/mol. The van der Waals surface area contributed by atoms with E-state index < -0.39 is 0 Å². The maximum Gasteiger partial charge on any atom is 0.231 e. The van der Waals surface area contributed by atoms with E-state index in [9.17, 15) is 0 Å². The molecule has 0 radical (unpaired) electrons. The molecule has 18 aromatic carbocycles. The number of rotatable bonds is 5. The molecule has 1 aliphatic rings. The van der Waals surface area contributed by atoms with Crippen molar-refractivity contribution in [3.05, 3.63) is 367 Å². The first-order valence-corrected chi connectivity index (χ1v) is 41.1. The topological polar surface area (TPSA) is 82.8 Å². The minimum Gasteiger partial charge on any atom is -0.438 e. The average Bonchev–Trinajstić information content (AvgIpc) is 1.56. The highest BCUT2D eigenvalue weighted by Gasteiger charge is 2.26. The quantitative estimate of drug-likeness (QED) is 0.171. The maximum atomic E-state index is 6.35. The largest absolute Gasteiger partial charge is 0.438 e. The maximum absolute atomic E-state index is 6.35. The van der Waals surface area contributed by atoms with Crippen LogP contribution in [0.3, 0.4) is 0 Å². The van der Waals surface area contributed by atoms with Crippen LogP contribution in [0.5, 0.6) is 0 Å². The number of thiophene rings is 2. The van der Waals surface area contributed by atoms with Crippen LogP contribution in [-0.2, 0) is 6.42 Å². The molecule has 0 saturated carbocycles. The second-order valence-corrected chi connectivity index (χ2v) is 32.8. The zero-order valence-corrected chi connectivity index (χ0v) is 64.7. The molecule has 0 amide bonds. The van der Waals surface area contributed by atoms with Gasteiger partial charge in [0.05, 0.1) is 33.2 Å². The molecule has 26 rings (SSSR count). The summed E-state index contributed by atoms with van der Waals surface area (Å²) in [6, 6.07) is 126. The Balaban J connectivity index is 0.000000110. The van der Waals surface area contributed by atoms with Gasteiger partial charge in [0.15, 0.2) is 11.6 Å². The molecule has 0 spiro atoms. The van der Waals surface area contributed by atoms with Gasteiger partial charge >= 0.3 is 0 Å². The predicted octanol–water partition coefficient (Wildman–Crippen LogP) is 30.2. The van der Waals surface area contributed by atoms with Crippen molar-refractivity contribution in [2.24, 2.45) is 0 Å². The standard InChI is InChI=1S/C52H29N3OS.C31H18S.C22H13BrN2O/c1-2-12-32(13-3-1)47-46-41-16-8-9-17-45(41)56-52(46)54-51(53-47)33-18-23-35(24-19-33)55-44-29-42-34(28-43(44)38-25-20-30-10-4-6-14-36(30)48(38)55)22-27-40-39-26-21-31-11-5-7-15-37(31)49(39)57-50(40)42;1-3-7-22-18(5-1)9-12-24-27-15-20-11-14-26-25-13-10-19-6-2-4-8-23(19)30(25)32-31(26)28(20)16-21(27)17-29(22)24;23-16-12-10-15(11-13-16)21-24-20(14-6-2-1-3-7-14)19-17-8-4-5-9-18(17)26-22(19)25-21/h1-29H;1-16H,17H2;1-13H. The van der Waals surface area contributed by atoms with Crippen molar-refractivity contribution in [1.82, 2.24) is 24.5 Å². The van der Waals surface area contributed by atoms with E-state index in [2.05, 4.69) is 275 Å². The molecule has 10 heteroatoms. The predicted molar refractivity (Wildman–Crippen MR) is 488 cm³/mol. The van der Waals surface area contributed by atoms with Crippen LogP contribution in [0, 0.1) is 0 Å². The number of halogens is 1. The fourth-order valence-corrected chi connectivity index (χ4v) is 21.0. The lowest BCUT2D eigenvalue weighted by Crippen LogP contribution is -1.96. The molecule has 0 saturated heterocycles. The third-order valence-electron chi connectivity index (χ3n) is 23.4. The molecule has 7 aromatic heterocycles. The summed E-state index contributed by atoms with van der Waals surface area (Å²) in [5, 5.41) is 27.5. The summed E-state index contributed by atoms with van der Waals surface area (Å²) in [4.78, 5) is 19.9. The first-order chi connectivity index (χ1) is 56.9. The van der Waals surface area contributed by atoms with Crippen LogP contribution in [0.15, 0.2) is 365 Å². The molecule has 7 nitrogen and oxygen atoms in total. The first-order valence-electron chi connectivity index (χ1n) is 38.7. The summed E-state index contributed by atoms with van der Waals surface area (Å²) in [7, 11) is 0. The van der Waals surface area contributed by atoms with Gasteiger partial charge in [0.1, 0.15) is 11.2 Å². The number of hydrogen-bond acceptors (Lipinski definition) is 8. The first kappa shape index (κ1) is 65.7. The molecule has 0 fully saturated rings. The van der Waals surface area contributed by atoms with Crippen LogP contribution in [0.1, 0.15) is 11.1 Å². The van der Waals surface area contributed by atoms with Crippen LogP contribution in [-0.4, -0.2) is 24.5 Å². The summed E-state index contributed by atoms with van der Waals surface area (Å²) in [6.07, 6.45) is 1.02. The van der Waals surface area contributed by atoms with E-state index in [0.717, 1.165) is 82.9 Å². The van der Waals surface area contributed by atoms with Gasteiger partial charge < -0.3 is 13.4 Å². The number of para-hydroxylation sites is 2. The van der Waals surface area contributed by atoms with E-state index >= 15 is 0 Å². The lowest BCUT2D eigenvalue weighted by molar-refractivity contribution is 0.653. The van der Waals surface area contributed by atoms with Gasteiger partial charge in [0.2, 0.25) is 11.4 Å². The smallest absolute Gasteiger partial charge is 0.231 e. The number of benzene rings is 18. The number of hydrogen-bond donors (Lipinski definition) is 0. The van der Waals surface area contributed by atoms with Crippen molar-refractivity contribution < 1.29 is 8.83 Å². The van der Waals surface area contributed by atoms with E-state index in [1.54, 1.807) is 0 Å². The Morgan fingerprint density at radius 1 is 0.287 bits per heavy atom. The van der Waals surface area contributed by atoms with E-state index in [0.29, 0.717) is 23.1 Å². The van der Waals surface area contributed by atoms with Crippen molar-refractivity contribution in [3.63, 3.8) is 0 Å². The second kappa shape index (κ2) is 26.0. The molecule has 25 aromatic rings. The third-order valence-corrected chi connectivity index (χ3v) is 26.5. The lowest BCUT2D eigenvalue weighted by atomic mass is 9.97. The van der Waals surface area contributed by atoms with Crippen LogP contribution in [0.25, 0.3) is 233 Å². The Kier molecular flexibility index (Phi) is 14.9. The zero-order valence-electron chi connectivity index (χ0n) is 61.4. The molecule has 0 unspecified atom stereocenters. The van der Waals surface area contributed by atoms with Crippen molar-refractivity contribution in [2.45, 2.75) is 6.42 Å². The second-order valence-electron chi connectivity index (χ2n) is 29.9. The van der Waals surface area contributed by atoms with Gasteiger partial charge in [-0.25, -0.2) is 9.97 Å². The van der Waals surface area contributed by atoms with Crippen molar-refractivity contribution in [3.8, 4) is 62.1 Å². The van der Waals surface area contributed by atoms with Crippen LogP contribution in [0.4, 0.5) is 0 Å².